The molecule has 0 bridgehead atoms. The van der Waals surface area contributed by atoms with E-state index in [1.54, 1.807) is 44.3 Å². The van der Waals surface area contributed by atoms with Crippen molar-refractivity contribution in [1.29, 1.82) is 5.26 Å². The molecule has 1 aromatic heterocycles. The van der Waals surface area contributed by atoms with Crippen LogP contribution in [0.2, 0.25) is 0 Å². The molecule has 4 nitrogen and oxygen atoms in total. The molecule has 4 heteroatoms. The van der Waals surface area contributed by atoms with E-state index in [0.29, 0.717) is 17.0 Å². The second kappa shape index (κ2) is 4.76. The molecule has 0 aliphatic rings. The van der Waals surface area contributed by atoms with Crippen LogP contribution in [0, 0.1) is 18.3 Å². The van der Waals surface area contributed by atoms with Crippen LogP contribution in [0.5, 0.6) is 0 Å². The number of nitrogens with zero attached hydrogens (tertiary/aromatic N) is 2. The second-order valence-electron chi connectivity index (χ2n) is 3.93. The monoisotopic (exact) mass is 240 g/mol. The van der Waals surface area contributed by atoms with Crippen molar-refractivity contribution in [3.8, 4) is 6.07 Å². The summed E-state index contributed by atoms with van der Waals surface area (Å²) >= 11 is 0. The van der Waals surface area contributed by atoms with Gasteiger partial charge in [-0.25, -0.2) is 0 Å². The van der Waals surface area contributed by atoms with Gasteiger partial charge in [-0.2, -0.15) is 5.26 Å². The molecule has 0 radical (unpaired) electrons. The van der Waals surface area contributed by atoms with E-state index < -0.39 is 0 Å². The third kappa shape index (κ3) is 1.98. The summed E-state index contributed by atoms with van der Waals surface area (Å²) in [5.41, 5.74) is 1.81. The van der Waals surface area contributed by atoms with Gasteiger partial charge in [0.1, 0.15) is 6.07 Å². The number of amides is 1. The summed E-state index contributed by atoms with van der Waals surface area (Å²) in [6.45, 7) is 1.81. The van der Waals surface area contributed by atoms with Crippen LogP contribution in [-0.2, 0) is 0 Å². The normalized spacial score (nSPS) is 9.83. The van der Waals surface area contributed by atoms with E-state index in [0.717, 1.165) is 5.56 Å². The van der Waals surface area contributed by atoms with E-state index in [-0.39, 0.29) is 5.91 Å². The summed E-state index contributed by atoms with van der Waals surface area (Å²) < 4.78 is 5.17. The quantitative estimate of drug-likeness (QED) is 0.811. The Morgan fingerprint density at radius 2 is 2.06 bits per heavy atom. The molecule has 18 heavy (non-hydrogen) atoms. The highest BCUT2D eigenvalue weighted by Gasteiger charge is 2.20. The number of benzene rings is 1. The van der Waals surface area contributed by atoms with Crippen LogP contribution in [0.3, 0.4) is 0 Å². The molecule has 2 rings (SSSR count). The molecule has 0 saturated heterocycles. The van der Waals surface area contributed by atoms with Crippen LogP contribution in [0.25, 0.3) is 0 Å². The van der Waals surface area contributed by atoms with E-state index in [2.05, 4.69) is 6.07 Å². The number of nitriles is 1. The number of aryl methyl sites for hydroxylation is 1. The zero-order valence-electron chi connectivity index (χ0n) is 10.2. The molecule has 0 fully saturated rings. The smallest absolute Gasteiger partial charge is 0.294 e. The highest BCUT2D eigenvalue weighted by Crippen LogP contribution is 2.21. The fourth-order valence-corrected chi connectivity index (χ4v) is 1.71. The van der Waals surface area contributed by atoms with Crippen LogP contribution in [0.4, 0.5) is 5.69 Å². The Kier molecular flexibility index (Phi) is 3.16. The van der Waals surface area contributed by atoms with Crippen molar-refractivity contribution in [2.75, 3.05) is 11.9 Å². The maximum Gasteiger partial charge on any atom is 0.294 e. The Hall–Kier alpha value is -2.54. The molecule has 1 amide bonds. The van der Waals surface area contributed by atoms with Gasteiger partial charge in [-0.05, 0) is 25.1 Å². The summed E-state index contributed by atoms with van der Waals surface area (Å²) in [5, 5.41) is 9.02. The third-order valence-corrected chi connectivity index (χ3v) is 2.75. The molecule has 0 spiro atoms. The van der Waals surface area contributed by atoms with E-state index >= 15 is 0 Å². The van der Waals surface area contributed by atoms with Crippen LogP contribution in [0.1, 0.15) is 21.7 Å². The lowest BCUT2D eigenvalue weighted by molar-refractivity contribution is 0.0965. The van der Waals surface area contributed by atoms with Crippen molar-refractivity contribution in [2.24, 2.45) is 0 Å². The average Bonchev–Trinajstić information content (AvgIpc) is 2.83. The van der Waals surface area contributed by atoms with E-state index in [1.807, 2.05) is 0 Å². The molecule has 2 aromatic rings. The van der Waals surface area contributed by atoms with E-state index in [4.69, 9.17) is 9.68 Å². The minimum atomic E-state index is -0.264. The van der Waals surface area contributed by atoms with Crippen LogP contribution in [0.15, 0.2) is 41.0 Å². The SMILES string of the molecule is Cc1ccoc1C(=O)N(C)c1ccccc1C#N. The van der Waals surface area contributed by atoms with Gasteiger partial charge in [-0.3, -0.25) is 4.79 Å². The minimum absolute atomic E-state index is 0.264. The number of para-hydroxylation sites is 1. The van der Waals surface area contributed by atoms with Crippen LogP contribution < -0.4 is 4.90 Å². The number of hydrogen-bond acceptors (Lipinski definition) is 3. The van der Waals surface area contributed by atoms with Crippen molar-refractivity contribution >= 4 is 11.6 Å². The predicted octanol–water partition coefficient (Wildman–Crippen LogP) is 2.74. The van der Waals surface area contributed by atoms with Gasteiger partial charge >= 0.3 is 0 Å². The molecular formula is C14H12N2O2. The Labute approximate surface area is 105 Å². The Morgan fingerprint density at radius 3 is 2.67 bits per heavy atom. The van der Waals surface area contributed by atoms with Gasteiger partial charge in [0, 0.05) is 12.6 Å². The lowest BCUT2D eigenvalue weighted by Crippen LogP contribution is -2.27. The first-order valence-corrected chi connectivity index (χ1v) is 5.46. The Bertz CT molecular complexity index is 623. The standard InChI is InChI=1S/C14H12N2O2/c1-10-7-8-18-13(10)14(17)16(2)12-6-4-3-5-11(12)9-15/h3-8H,1-2H3. The molecule has 1 heterocycles. The van der Waals surface area contributed by atoms with Crippen molar-refractivity contribution < 1.29 is 9.21 Å². The van der Waals surface area contributed by atoms with E-state index in [9.17, 15) is 4.79 Å². The van der Waals surface area contributed by atoms with Crippen molar-refractivity contribution in [3.05, 3.63) is 53.5 Å². The highest BCUT2D eigenvalue weighted by atomic mass is 16.3. The molecule has 1 aromatic carbocycles. The minimum Gasteiger partial charge on any atom is -0.459 e. The van der Waals surface area contributed by atoms with Crippen LogP contribution in [-0.4, -0.2) is 13.0 Å². The lowest BCUT2D eigenvalue weighted by atomic mass is 10.1. The molecule has 0 atom stereocenters. The van der Waals surface area contributed by atoms with Gasteiger partial charge < -0.3 is 9.32 Å². The number of anilines is 1. The second-order valence-corrected chi connectivity index (χ2v) is 3.93. The Morgan fingerprint density at radius 1 is 1.33 bits per heavy atom. The average molecular weight is 240 g/mol. The van der Waals surface area contributed by atoms with E-state index in [1.165, 1.54) is 11.2 Å². The first-order chi connectivity index (χ1) is 8.65. The van der Waals surface area contributed by atoms with Crippen molar-refractivity contribution in [2.45, 2.75) is 6.92 Å². The molecule has 0 saturated carbocycles. The maximum absolute atomic E-state index is 12.2. The first-order valence-electron chi connectivity index (χ1n) is 5.46. The summed E-state index contributed by atoms with van der Waals surface area (Å²) in [5.74, 6) is 0.0328. The van der Waals surface area contributed by atoms with Gasteiger partial charge in [-0.15, -0.1) is 0 Å². The molecular weight excluding hydrogens is 228 g/mol. The van der Waals surface area contributed by atoms with Gasteiger partial charge in [0.15, 0.2) is 5.76 Å². The van der Waals surface area contributed by atoms with Gasteiger partial charge in [0.05, 0.1) is 17.5 Å². The van der Waals surface area contributed by atoms with Crippen molar-refractivity contribution in [1.82, 2.24) is 0 Å². The Balaban J connectivity index is 2.38. The number of carbonyl (C=O) groups excluding carboxylic acids is 1. The van der Waals surface area contributed by atoms with Gasteiger partial charge in [0.2, 0.25) is 0 Å². The lowest BCUT2D eigenvalue weighted by Gasteiger charge is -2.17. The summed E-state index contributed by atoms with van der Waals surface area (Å²) in [4.78, 5) is 13.6. The zero-order valence-corrected chi connectivity index (χ0v) is 10.2. The molecule has 0 N–H and O–H groups in total. The number of rotatable bonds is 2. The fraction of sp³-hybridized carbons (Fsp3) is 0.143. The summed E-state index contributed by atoms with van der Waals surface area (Å²) in [6, 6.07) is 10.8. The molecule has 0 unspecified atom stereocenters. The molecule has 0 aliphatic carbocycles. The van der Waals surface area contributed by atoms with Gasteiger partial charge in [-0.1, -0.05) is 12.1 Å². The van der Waals surface area contributed by atoms with Crippen LogP contribution >= 0.6 is 0 Å². The fourth-order valence-electron chi connectivity index (χ4n) is 1.71. The number of hydrogen-bond donors (Lipinski definition) is 0. The van der Waals surface area contributed by atoms with Gasteiger partial charge in [0.25, 0.3) is 5.91 Å². The molecule has 0 aliphatic heterocycles. The molecule has 90 valence electrons. The predicted molar refractivity (Wildman–Crippen MR) is 67.3 cm³/mol. The highest BCUT2D eigenvalue weighted by molar-refractivity contribution is 6.05. The first kappa shape index (κ1) is 11.9. The third-order valence-electron chi connectivity index (χ3n) is 2.75. The summed E-state index contributed by atoms with van der Waals surface area (Å²) in [7, 11) is 1.63. The topological polar surface area (TPSA) is 57.2 Å². The zero-order chi connectivity index (χ0) is 13.1. The summed E-state index contributed by atoms with van der Waals surface area (Å²) in [6.07, 6.45) is 1.48. The number of carbonyl (C=O) groups is 1. The largest absolute Gasteiger partial charge is 0.459 e. The maximum atomic E-state index is 12.2. The number of furan rings is 1. The van der Waals surface area contributed by atoms with Crippen molar-refractivity contribution in [3.63, 3.8) is 0 Å².